The number of hydrogen-bond acceptors (Lipinski definition) is 2. The average molecular weight is 405 g/mol. The third-order valence-electron chi connectivity index (χ3n) is 5.72. The zero-order chi connectivity index (χ0) is 19.5. The van der Waals surface area contributed by atoms with Crippen LogP contribution >= 0.6 is 23.2 Å². The van der Waals surface area contributed by atoms with E-state index in [9.17, 15) is 0 Å². The zero-order valence-corrected chi connectivity index (χ0v) is 17.9. The Bertz CT molecular complexity index is 731. The van der Waals surface area contributed by atoms with Crippen LogP contribution in [-0.4, -0.2) is 15.9 Å². The molecule has 3 rings (SSSR count). The van der Waals surface area contributed by atoms with E-state index < -0.39 is 9.87 Å². The second-order valence-corrected chi connectivity index (χ2v) is 10.1. The minimum absolute atomic E-state index is 0.0915. The van der Waals surface area contributed by atoms with Gasteiger partial charge in [0, 0.05) is 19.1 Å². The standard InChI is InChI=1S/C23H30Cl2N2/c1-21(2)14-20(26-15-18-10-6-4-7-11-18)22(3,24)23(25,17-21)27-16-19-12-8-5-9-13-19/h4-13,20,26-27H,14-17H2,1-3H3. The maximum atomic E-state index is 7.19. The molecule has 3 unspecified atom stereocenters. The Labute approximate surface area is 173 Å². The monoisotopic (exact) mass is 404 g/mol. The molecule has 0 saturated heterocycles. The molecule has 0 aliphatic heterocycles. The van der Waals surface area contributed by atoms with Crippen molar-refractivity contribution >= 4 is 23.2 Å². The van der Waals surface area contributed by atoms with Gasteiger partial charge in [-0.3, -0.25) is 5.32 Å². The molecule has 1 aliphatic carbocycles. The van der Waals surface area contributed by atoms with Crippen molar-refractivity contribution in [3.63, 3.8) is 0 Å². The summed E-state index contributed by atoms with van der Waals surface area (Å²) in [5.74, 6) is 0. The molecule has 0 radical (unpaired) electrons. The Morgan fingerprint density at radius 1 is 0.852 bits per heavy atom. The lowest BCUT2D eigenvalue weighted by Gasteiger charge is -2.55. The van der Waals surface area contributed by atoms with Gasteiger partial charge in [-0.05, 0) is 36.3 Å². The van der Waals surface area contributed by atoms with Crippen LogP contribution in [-0.2, 0) is 13.1 Å². The Morgan fingerprint density at radius 3 is 1.93 bits per heavy atom. The van der Waals surface area contributed by atoms with Crippen LogP contribution in [0.15, 0.2) is 60.7 Å². The largest absolute Gasteiger partial charge is 0.308 e. The molecule has 146 valence electrons. The van der Waals surface area contributed by atoms with Crippen LogP contribution in [0.25, 0.3) is 0 Å². The summed E-state index contributed by atoms with van der Waals surface area (Å²) in [6, 6.07) is 20.9. The fourth-order valence-corrected chi connectivity index (χ4v) is 4.95. The summed E-state index contributed by atoms with van der Waals surface area (Å²) in [6.07, 6.45) is 1.80. The normalized spacial score (nSPS) is 30.2. The predicted octanol–water partition coefficient (Wildman–Crippen LogP) is 5.69. The van der Waals surface area contributed by atoms with Crippen LogP contribution in [0, 0.1) is 5.41 Å². The van der Waals surface area contributed by atoms with Crippen molar-refractivity contribution in [1.82, 2.24) is 10.6 Å². The highest BCUT2D eigenvalue weighted by atomic mass is 35.5. The van der Waals surface area contributed by atoms with Crippen molar-refractivity contribution in [2.45, 2.75) is 62.6 Å². The Balaban J connectivity index is 1.76. The van der Waals surface area contributed by atoms with Gasteiger partial charge in [-0.15, -0.1) is 23.2 Å². The van der Waals surface area contributed by atoms with E-state index in [1.54, 1.807) is 0 Å². The molecular weight excluding hydrogens is 375 g/mol. The minimum atomic E-state index is -0.694. The van der Waals surface area contributed by atoms with Crippen molar-refractivity contribution in [1.29, 1.82) is 0 Å². The molecule has 1 fully saturated rings. The van der Waals surface area contributed by atoms with Crippen molar-refractivity contribution in [3.05, 3.63) is 71.8 Å². The van der Waals surface area contributed by atoms with Crippen LogP contribution in [0.4, 0.5) is 0 Å². The highest BCUT2D eigenvalue weighted by Gasteiger charge is 2.57. The van der Waals surface area contributed by atoms with E-state index >= 15 is 0 Å². The van der Waals surface area contributed by atoms with Gasteiger partial charge in [0.1, 0.15) is 5.00 Å². The Morgan fingerprint density at radius 2 is 1.37 bits per heavy atom. The van der Waals surface area contributed by atoms with Gasteiger partial charge >= 0.3 is 0 Å². The molecule has 2 aromatic rings. The van der Waals surface area contributed by atoms with Crippen LogP contribution in [0.2, 0.25) is 0 Å². The molecule has 0 bridgehead atoms. The van der Waals surface area contributed by atoms with Crippen molar-refractivity contribution < 1.29 is 0 Å². The van der Waals surface area contributed by atoms with E-state index in [-0.39, 0.29) is 11.5 Å². The third kappa shape index (κ3) is 4.86. The van der Waals surface area contributed by atoms with Gasteiger partial charge in [-0.25, -0.2) is 0 Å². The summed E-state index contributed by atoms with van der Waals surface area (Å²) in [6.45, 7) is 8.11. The Hall–Kier alpha value is -1.06. The van der Waals surface area contributed by atoms with Crippen LogP contribution in [0.3, 0.4) is 0 Å². The number of nitrogens with one attached hydrogen (secondary N) is 2. The highest BCUT2D eigenvalue weighted by molar-refractivity contribution is 6.35. The van der Waals surface area contributed by atoms with Crippen molar-refractivity contribution in [2.75, 3.05) is 0 Å². The average Bonchev–Trinajstić information content (AvgIpc) is 2.64. The van der Waals surface area contributed by atoms with Crippen LogP contribution in [0.5, 0.6) is 0 Å². The zero-order valence-electron chi connectivity index (χ0n) is 16.4. The van der Waals surface area contributed by atoms with E-state index in [4.69, 9.17) is 23.2 Å². The van der Waals surface area contributed by atoms with Gasteiger partial charge in [0.15, 0.2) is 0 Å². The van der Waals surface area contributed by atoms with Gasteiger partial charge < -0.3 is 5.32 Å². The maximum Gasteiger partial charge on any atom is 0.115 e. The second-order valence-electron chi connectivity index (χ2n) is 8.68. The van der Waals surface area contributed by atoms with Crippen LogP contribution < -0.4 is 10.6 Å². The smallest absolute Gasteiger partial charge is 0.115 e. The van der Waals surface area contributed by atoms with E-state index in [0.717, 1.165) is 19.4 Å². The van der Waals surface area contributed by atoms with E-state index in [1.165, 1.54) is 11.1 Å². The predicted molar refractivity (Wildman–Crippen MR) is 116 cm³/mol. The first-order chi connectivity index (χ1) is 12.7. The number of alkyl halides is 2. The molecule has 4 heteroatoms. The van der Waals surface area contributed by atoms with E-state index in [0.29, 0.717) is 6.54 Å². The molecule has 2 N–H and O–H groups in total. The van der Waals surface area contributed by atoms with Gasteiger partial charge in [0.2, 0.25) is 0 Å². The molecule has 0 amide bonds. The SMILES string of the molecule is CC1(C)CC(NCc2ccccc2)C(C)(Cl)C(Cl)(NCc2ccccc2)C1. The number of benzene rings is 2. The quantitative estimate of drug-likeness (QED) is 0.477. The van der Waals surface area contributed by atoms with Gasteiger partial charge in [-0.1, -0.05) is 74.5 Å². The molecule has 2 aromatic carbocycles. The first-order valence-electron chi connectivity index (χ1n) is 9.66. The van der Waals surface area contributed by atoms with Crippen LogP contribution in [0.1, 0.15) is 44.7 Å². The summed E-state index contributed by atoms with van der Waals surface area (Å²) >= 11 is 14.3. The van der Waals surface area contributed by atoms with Gasteiger partial charge in [-0.2, -0.15) is 0 Å². The number of hydrogen-bond donors (Lipinski definition) is 2. The summed E-state index contributed by atoms with van der Waals surface area (Å²) in [5, 5.41) is 7.26. The van der Waals surface area contributed by atoms with E-state index in [2.05, 4.69) is 67.8 Å². The fraction of sp³-hybridized carbons (Fsp3) is 0.478. The van der Waals surface area contributed by atoms with Gasteiger partial charge in [0.25, 0.3) is 0 Å². The summed E-state index contributed by atoms with van der Waals surface area (Å²) < 4.78 is 0. The Kier molecular flexibility index (Phi) is 6.22. The van der Waals surface area contributed by atoms with Gasteiger partial charge in [0.05, 0.1) is 4.87 Å². The molecule has 3 atom stereocenters. The molecule has 0 heterocycles. The number of rotatable bonds is 6. The minimum Gasteiger partial charge on any atom is -0.308 e. The highest BCUT2D eigenvalue weighted by Crippen LogP contribution is 2.51. The fourth-order valence-electron chi connectivity index (χ4n) is 4.10. The molecule has 1 aliphatic rings. The topological polar surface area (TPSA) is 24.1 Å². The molecule has 1 saturated carbocycles. The molecule has 27 heavy (non-hydrogen) atoms. The lowest BCUT2D eigenvalue weighted by Crippen LogP contribution is -2.68. The second kappa shape index (κ2) is 8.13. The molecule has 0 aromatic heterocycles. The van der Waals surface area contributed by atoms with Crippen molar-refractivity contribution in [2.24, 2.45) is 5.41 Å². The van der Waals surface area contributed by atoms with Crippen molar-refractivity contribution in [3.8, 4) is 0 Å². The summed E-state index contributed by atoms with van der Waals surface area (Å²) in [5.41, 5.74) is 2.56. The lowest BCUT2D eigenvalue weighted by atomic mass is 9.67. The summed E-state index contributed by atoms with van der Waals surface area (Å²) in [7, 11) is 0. The lowest BCUT2D eigenvalue weighted by molar-refractivity contribution is 0.100. The molecular formula is C23H30Cl2N2. The first-order valence-corrected chi connectivity index (χ1v) is 10.4. The molecule has 2 nitrogen and oxygen atoms in total. The third-order valence-corrected chi connectivity index (χ3v) is 7.06. The maximum absolute atomic E-state index is 7.19. The molecule has 0 spiro atoms. The first kappa shape index (κ1) is 20.7. The summed E-state index contributed by atoms with van der Waals surface area (Å²) in [4.78, 5) is -1.31. The number of halogens is 2. The van der Waals surface area contributed by atoms with E-state index in [1.807, 2.05) is 24.3 Å².